The summed E-state index contributed by atoms with van der Waals surface area (Å²) in [4.78, 5) is 37.7. The molecule has 33 heavy (non-hydrogen) atoms. The summed E-state index contributed by atoms with van der Waals surface area (Å²) < 4.78 is 12.6. The van der Waals surface area contributed by atoms with E-state index < -0.39 is 5.97 Å². The molecule has 0 radical (unpaired) electrons. The molecule has 1 atom stereocenters. The molecular formula is C24H24INO6S. The fraction of sp³-hybridized carbons (Fsp3) is 0.292. The standard InChI is InChI=1S/C24H24INO6S/c1-4-14(3)26-22(27)20(33-24(26)30)12-16-10-18(25)21(19(11-16)31-5-2)32-13-15-6-8-17(9-7-15)23(28)29/h6-12,14H,4-5,13H2,1-3H3,(H,28,29)/b20-12+/t14-/m1/s1. The number of nitrogens with zero attached hydrogens (tertiary/aromatic N) is 1. The molecule has 1 heterocycles. The summed E-state index contributed by atoms with van der Waals surface area (Å²) in [6.45, 7) is 6.33. The van der Waals surface area contributed by atoms with Crippen molar-refractivity contribution in [2.24, 2.45) is 0 Å². The van der Waals surface area contributed by atoms with Crippen molar-refractivity contribution in [2.45, 2.75) is 39.8 Å². The molecule has 0 unspecified atom stereocenters. The number of thioether (sulfide) groups is 1. The maximum Gasteiger partial charge on any atom is 0.335 e. The van der Waals surface area contributed by atoms with Crippen LogP contribution in [0.15, 0.2) is 41.3 Å². The number of ether oxygens (including phenoxy) is 2. The van der Waals surface area contributed by atoms with Gasteiger partial charge in [-0.1, -0.05) is 19.1 Å². The molecule has 1 aliphatic rings. The summed E-state index contributed by atoms with van der Waals surface area (Å²) in [5.74, 6) is -0.172. The fourth-order valence-corrected chi connectivity index (χ4v) is 4.88. The predicted octanol–water partition coefficient (Wildman–Crippen LogP) is 5.80. The molecule has 0 saturated carbocycles. The van der Waals surface area contributed by atoms with E-state index in [0.29, 0.717) is 29.4 Å². The molecule has 0 spiro atoms. The van der Waals surface area contributed by atoms with Gasteiger partial charge in [0, 0.05) is 6.04 Å². The second-order valence-corrected chi connectivity index (χ2v) is 9.52. The zero-order chi connectivity index (χ0) is 24.1. The van der Waals surface area contributed by atoms with Gasteiger partial charge in [0.05, 0.1) is 20.6 Å². The van der Waals surface area contributed by atoms with Gasteiger partial charge in [-0.15, -0.1) is 0 Å². The number of carboxylic acid groups (broad SMARTS) is 1. The van der Waals surface area contributed by atoms with E-state index in [9.17, 15) is 14.4 Å². The van der Waals surface area contributed by atoms with Crippen LogP contribution in [0, 0.1) is 3.57 Å². The SMILES string of the molecule is CCOc1cc(/C=C2/SC(=O)N([C@H](C)CC)C2=O)cc(I)c1OCc1ccc(C(=O)O)cc1. The molecule has 1 fully saturated rings. The van der Waals surface area contributed by atoms with Gasteiger partial charge >= 0.3 is 5.97 Å². The number of carboxylic acids is 1. The van der Waals surface area contributed by atoms with Crippen molar-refractivity contribution < 1.29 is 29.0 Å². The molecule has 1 saturated heterocycles. The molecule has 174 valence electrons. The van der Waals surface area contributed by atoms with Crippen LogP contribution in [0.25, 0.3) is 6.08 Å². The first-order valence-electron chi connectivity index (χ1n) is 10.4. The van der Waals surface area contributed by atoms with Crippen molar-refractivity contribution in [2.75, 3.05) is 6.61 Å². The Bertz CT molecular complexity index is 1100. The van der Waals surface area contributed by atoms with Crippen molar-refractivity contribution in [3.8, 4) is 11.5 Å². The maximum atomic E-state index is 12.7. The number of aromatic carboxylic acids is 1. The van der Waals surface area contributed by atoms with Gasteiger partial charge in [-0.25, -0.2) is 4.79 Å². The van der Waals surface area contributed by atoms with Crippen molar-refractivity contribution >= 4 is 57.5 Å². The van der Waals surface area contributed by atoms with Gasteiger partial charge in [0.2, 0.25) is 0 Å². The van der Waals surface area contributed by atoms with Crippen LogP contribution in [0.3, 0.4) is 0 Å². The summed E-state index contributed by atoms with van der Waals surface area (Å²) in [6.07, 6.45) is 2.40. The molecule has 2 aromatic carbocycles. The molecule has 1 aliphatic heterocycles. The minimum atomic E-state index is -0.978. The molecule has 3 rings (SSSR count). The lowest BCUT2D eigenvalue weighted by Gasteiger charge is -2.19. The van der Waals surface area contributed by atoms with Crippen LogP contribution in [0.1, 0.15) is 48.7 Å². The number of imide groups is 1. The van der Waals surface area contributed by atoms with E-state index in [1.54, 1.807) is 24.3 Å². The molecule has 0 aliphatic carbocycles. The van der Waals surface area contributed by atoms with Crippen LogP contribution < -0.4 is 9.47 Å². The topological polar surface area (TPSA) is 93.1 Å². The van der Waals surface area contributed by atoms with E-state index in [-0.39, 0.29) is 29.4 Å². The molecule has 7 nitrogen and oxygen atoms in total. The molecule has 0 bridgehead atoms. The molecular weight excluding hydrogens is 557 g/mol. The average molecular weight is 581 g/mol. The minimum absolute atomic E-state index is 0.150. The molecule has 0 aromatic heterocycles. The van der Waals surface area contributed by atoms with Crippen molar-refractivity contribution in [1.29, 1.82) is 0 Å². The smallest absolute Gasteiger partial charge is 0.335 e. The molecule has 1 N–H and O–H groups in total. The van der Waals surface area contributed by atoms with Gasteiger partial charge in [0.1, 0.15) is 6.61 Å². The van der Waals surface area contributed by atoms with Crippen molar-refractivity contribution in [3.63, 3.8) is 0 Å². The summed E-state index contributed by atoms with van der Waals surface area (Å²) in [7, 11) is 0. The second-order valence-electron chi connectivity index (χ2n) is 7.36. The zero-order valence-corrected chi connectivity index (χ0v) is 21.4. The summed E-state index contributed by atoms with van der Waals surface area (Å²) >= 11 is 3.09. The molecule has 2 amide bonds. The first kappa shape index (κ1) is 25.1. The normalized spacial score (nSPS) is 15.8. The lowest BCUT2D eigenvalue weighted by atomic mass is 10.1. The number of hydrogen-bond donors (Lipinski definition) is 1. The quantitative estimate of drug-likeness (QED) is 0.296. The third-order valence-electron chi connectivity index (χ3n) is 5.07. The average Bonchev–Trinajstić information content (AvgIpc) is 3.05. The highest BCUT2D eigenvalue weighted by atomic mass is 127. The number of rotatable bonds is 9. The van der Waals surface area contributed by atoms with E-state index in [2.05, 4.69) is 22.6 Å². The highest BCUT2D eigenvalue weighted by Crippen LogP contribution is 2.38. The lowest BCUT2D eigenvalue weighted by Crippen LogP contribution is -2.36. The Balaban J connectivity index is 1.84. The van der Waals surface area contributed by atoms with Crippen LogP contribution >= 0.6 is 34.4 Å². The van der Waals surface area contributed by atoms with Gasteiger partial charge in [-0.3, -0.25) is 14.5 Å². The van der Waals surface area contributed by atoms with Crippen LogP contribution in [-0.4, -0.2) is 39.8 Å². The van der Waals surface area contributed by atoms with Crippen LogP contribution in [0.2, 0.25) is 0 Å². The minimum Gasteiger partial charge on any atom is -0.490 e. The number of carbonyl (C=O) groups excluding carboxylic acids is 2. The third kappa shape index (κ3) is 5.89. The highest BCUT2D eigenvalue weighted by Gasteiger charge is 2.37. The van der Waals surface area contributed by atoms with Gasteiger partial charge in [0.25, 0.3) is 11.1 Å². The van der Waals surface area contributed by atoms with Crippen molar-refractivity contribution in [3.05, 3.63) is 61.6 Å². The Morgan fingerprint density at radius 2 is 1.88 bits per heavy atom. The first-order chi connectivity index (χ1) is 15.7. The van der Waals surface area contributed by atoms with Crippen LogP contribution in [-0.2, 0) is 11.4 Å². The van der Waals surface area contributed by atoms with E-state index in [1.807, 2.05) is 26.8 Å². The van der Waals surface area contributed by atoms with Gasteiger partial charge in [-0.2, -0.15) is 0 Å². The monoisotopic (exact) mass is 581 g/mol. The van der Waals surface area contributed by atoms with Gasteiger partial charge < -0.3 is 14.6 Å². The Labute approximate surface area is 210 Å². The summed E-state index contributed by atoms with van der Waals surface area (Å²) in [5, 5.41) is 8.78. The Kier molecular flexibility index (Phi) is 8.41. The zero-order valence-electron chi connectivity index (χ0n) is 18.5. The Hall–Kier alpha value is -2.53. The summed E-state index contributed by atoms with van der Waals surface area (Å²) in [6, 6.07) is 9.98. The fourth-order valence-electron chi connectivity index (χ4n) is 3.17. The van der Waals surface area contributed by atoms with Gasteiger partial charge in [0.15, 0.2) is 11.5 Å². The predicted molar refractivity (Wildman–Crippen MR) is 136 cm³/mol. The number of amides is 2. The van der Waals surface area contributed by atoms with E-state index in [1.165, 1.54) is 17.0 Å². The first-order valence-corrected chi connectivity index (χ1v) is 12.3. The van der Waals surface area contributed by atoms with Gasteiger partial charge in [-0.05, 0) is 96.1 Å². The number of hydrogen-bond acceptors (Lipinski definition) is 6. The molecule has 2 aromatic rings. The number of carbonyl (C=O) groups is 3. The molecule has 9 heteroatoms. The van der Waals surface area contributed by atoms with E-state index >= 15 is 0 Å². The summed E-state index contributed by atoms with van der Waals surface area (Å²) in [5.41, 5.74) is 1.77. The number of benzene rings is 2. The van der Waals surface area contributed by atoms with E-state index in [0.717, 1.165) is 26.5 Å². The Morgan fingerprint density at radius 3 is 2.48 bits per heavy atom. The largest absolute Gasteiger partial charge is 0.490 e. The third-order valence-corrected chi connectivity index (χ3v) is 6.75. The highest BCUT2D eigenvalue weighted by molar-refractivity contribution is 14.1. The maximum absolute atomic E-state index is 12.7. The van der Waals surface area contributed by atoms with Crippen molar-refractivity contribution in [1.82, 2.24) is 4.90 Å². The Morgan fingerprint density at radius 1 is 1.18 bits per heavy atom. The number of halogens is 1. The van der Waals surface area contributed by atoms with E-state index in [4.69, 9.17) is 14.6 Å². The van der Waals surface area contributed by atoms with Crippen LogP contribution in [0.4, 0.5) is 4.79 Å². The lowest BCUT2D eigenvalue weighted by molar-refractivity contribution is -0.124. The second kappa shape index (κ2) is 11.1. The van der Waals surface area contributed by atoms with Crippen LogP contribution in [0.5, 0.6) is 11.5 Å².